The zero-order chi connectivity index (χ0) is 21.9. The fraction of sp³-hybridized carbons (Fsp3) is 0.767. The fourth-order valence-corrected chi connectivity index (χ4v) is 6.22. The minimum absolute atomic E-state index is 0.0372. The average Bonchev–Trinajstić information content (AvgIpc) is 2.84. The molecule has 172 valence electrons. The van der Waals surface area contributed by atoms with Crippen LogP contribution in [0.2, 0.25) is 0 Å². The zero-order valence-electron chi connectivity index (χ0n) is 20.5. The van der Waals surface area contributed by atoms with E-state index in [0.29, 0.717) is 5.92 Å². The third-order valence-corrected chi connectivity index (χ3v) is 8.83. The molecule has 0 amide bonds. The number of nitriles is 1. The normalized spacial score (nSPS) is 28.9. The molecule has 1 aromatic rings. The van der Waals surface area contributed by atoms with Crippen LogP contribution in [0.25, 0.3) is 0 Å². The van der Waals surface area contributed by atoms with Crippen molar-refractivity contribution in [1.82, 2.24) is 0 Å². The molecule has 1 nitrogen and oxygen atoms in total. The second kappa shape index (κ2) is 12.7. The third kappa shape index (κ3) is 7.37. The first-order chi connectivity index (χ1) is 15.2. The number of hydrogen-bond acceptors (Lipinski definition) is 1. The predicted molar refractivity (Wildman–Crippen MR) is 133 cm³/mol. The molecule has 0 unspecified atom stereocenters. The highest BCUT2D eigenvalue weighted by Crippen LogP contribution is 2.44. The van der Waals surface area contributed by atoms with E-state index in [0.717, 1.165) is 31.1 Å². The lowest BCUT2D eigenvalue weighted by atomic mass is 9.68. The molecule has 2 saturated carbocycles. The highest BCUT2D eigenvalue weighted by Gasteiger charge is 2.34. The Hall–Kier alpha value is -1.29. The number of aryl methyl sites for hydroxylation is 1. The summed E-state index contributed by atoms with van der Waals surface area (Å²) in [7, 11) is 0. The first kappa shape index (κ1) is 24.4. The van der Waals surface area contributed by atoms with Gasteiger partial charge in [-0.05, 0) is 73.8 Å². The van der Waals surface area contributed by atoms with Crippen LogP contribution >= 0.6 is 0 Å². The summed E-state index contributed by atoms with van der Waals surface area (Å²) in [6.07, 6.45) is 22.7. The molecule has 0 bridgehead atoms. The lowest BCUT2D eigenvalue weighted by molar-refractivity contribution is 0.238. The Morgan fingerprint density at radius 1 is 0.806 bits per heavy atom. The molecule has 0 aromatic heterocycles. The Bertz CT molecular complexity index is 651. The molecule has 0 N–H and O–H groups in total. The molecule has 0 heterocycles. The molecule has 31 heavy (non-hydrogen) atoms. The first-order valence-electron chi connectivity index (χ1n) is 13.7. The summed E-state index contributed by atoms with van der Waals surface area (Å²) in [6, 6.07) is 12.2. The Labute approximate surface area is 193 Å². The van der Waals surface area contributed by atoms with Crippen molar-refractivity contribution in [3.63, 3.8) is 0 Å². The minimum atomic E-state index is -0.0372. The number of benzene rings is 1. The molecule has 0 spiro atoms. The molecule has 2 aliphatic rings. The quantitative estimate of drug-likeness (QED) is 0.326. The van der Waals surface area contributed by atoms with Gasteiger partial charge in [0, 0.05) is 0 Å². The molecule has 0 aliphatic heterocycles. The summed E-state index contributed by atoms with van der Waals surface area (Å²) in [5.74, 6) is 2.65. The van der Waals surface area contributed by atoms with Crippen LogP contribution in [0, 0.1) is 28.6 Å². The molecule has 0 atom stereocenters. The number of unbranched alkanes of at least 4 members (excludes halogenated alkanes) is 4. The number of hydrogen-bond donors (Lipinski definition) is 0. The zero-order valence-corrected chi connectivity index (χ0v) is 20.5. The molecular weight excluding hydrogens is 374 g/mol. The van der Waals surface area contributed by atoms with E-state index in [1.807, 2.05) is 0 Å². The summed E-state index contributed by atoms with van der Waals surface area (Å²) < 4.78 is 0. The van der Waals surface area contributed by atoms with Gasteiger partial charge in [0.1, 0.15) is 0 Å². The molecule has 2 fully saturated rings. The fourth-order valence-electron chi connectivity index (χ4n) is 6.22. The summed E-state index contributed by atoms with van der Waals surface area (Å²) in [5.41, 5.74) is 2.99. The van der Waals surface area contributed by atoms with Gasteiger partial charge in [-0.1, -0.05) is 102 Å². The van der Waals surface area contributed by atoms with Crippen molar-refractivity contribution < 1.29 is 0 Å². The standard InChI is InChI=1S/C30H47N/c1-3-5-6-7-8-9-25-10-12-26(13-11-25)14-15-27-16-18-28(19-17-27)29-20-22-30(4-2,24-31)23-21-29/h16-19,25-26,29H,3-15,20-23H2,1-2H3. The van der Waals surface area contributed by atoms with Crippen LogP contribution in [0.1, 0.15) is 134 Å². The Balaban J connectivity index is 1.34. The second-order valence-electron chi connectivity index (χ2n) is 10.9. The van der Waals surface area contributed by atoms with Crippen LogP contribution < -0.4 is 0 Å². The van der Waals surface area contributed by atoms with Gasteiger partial charge >= 0.3 is 0 Å². The maximum Gasteiger partial charge on any atom is 0.0689 e. The first-order valence-corrected chi connectivity index (χ1v) is 13.7. The monoisotopic (exact) mass is 421 g/mol. The molecule has 2 aliphatic carbocycles. The van der Waals surface area contributed by atoms with Gasteiger partial charge in [-0.25, -0.2) is 0 Å². The maximum absolute atomic E-state index is 9.53. The predicted octanol–water partition coefficient (Wildman–Crippen LogP) is 9.36. The van der Waals surface area contributed by atoms with E-state index in [9.17, 15) is 5.26 Å². The molecule has 0 saturated heterocycles. The molecule has 0 radical (unpaired) electrons. The maximum atomic E-state index is 9.53. The van der Waals surface area contributed by atoms with E-state index in [2.05, 4.69) is 44.2 Å². The van der Waals surface area contributed by atoms with Crippen LogP contribution in [0.5, 0.6) is 0 Å². The summed E-state index contributed by atoms with van der Waals surface area (Å²) in [5, 5.41) is 9.53. The van der Waals surface area contributed by atoms with E-state index in [-0.39, 0.29) is 5.41 Å². The van der Waals surface area contributed by atoms with Crippen LogP contribution in [-0.4, -0.2) is 0 Å². The van der Waals surface area contributed by atoms with Crippen molar-refractivity contribution in [2.75, 3.05) is 0 Å². The van der Waals surface area contributed by atoms with Gasteiger partial charge in [-0.2, -0.15) is 5.26 Å². The topological polar surface area (TPSA) is 23.8 Å². The second-order valence-corrected chi connectivity index (χ2v) is 10.9. The molecule has 3 rings (SSSR count). The highest BCUT2D eigenvalue weighted by atomic mass is 14.4. The van der Waals surface area contributed by atoms with Crippen molar-refractivity contribution in [2.24, 2.45) is 17.3 Å². The van der Waals surface area contributed by atoms with Gasteiger partial charge in [0.15, 0.2) is 0 Å². The lowest BCUT2D eigenvalue weighted by Crippen LogP contribution is -2.24. The van der Waals surface area contributed by atoms with E-state index < -0.39 is 0 Å². The van der Waals surface area contributed by atoms with Crippen LogP contribution in [0.4, 0.5) is 0 Å². The van der Waals surface area contributed by atoms with Gasteiger partial charge in [-0.15, -0.1) is 0 Å². The largest absolute Gasteiger partial charge is 0.198 e. The van der Waals surface area contributed by atoms with Gasteiger partial charge in [0.05, 0.1) is 11.5 Å². The van der Waals surface area contributed by atoms with E-state index in [1.54, 1.807) is 0 Å². The van der Waals surface area contributed by atoms with E-state index in [4.69, 9.17) is 0 Å². The van der Waals surface area contributed by atoms with Gasteiger partial charge in [-0.3, -0.25) is 0 Å². The summed E-state index contributed by atoms with van der Waals surface area (Å²) in [4.78, 5) is 0. The van der Waals surface area contributed by atoms with Gasteiger partial charge in [0.2, 0.25) is 0 Å². The summed E-state index contributed by atoms with van der Waals surface area (Å²) >= 11 is 0. The van der Waals surface area contributed by atoms with Crippen LogP contribution in [-0.2, 0) is 6.42 Å². The van der Waals surface area contributed by atoms with Crippen molar-refractivity contribution in [2.45, 2.75) is 129 Å². The Kier molecular flexibility index (Phi) is 9.95. The average molecular weight is 422 g/mol. The van der Waals surface area contributed by atoms with Crippen molar-refractivity contribution in [3.8, 4) is 6.07 Å². The Morgan fingerprint density at radius 3 is 2.00 bits per heavy atom. The third-order valence-electron chi connectivity index (χ3n) is 8.83. The van der Waals surface area contributed by atoms with Gasteiger partial charge in [0.25, 0.3) is 0 Å². The highest BCUT2D eigenvalue weighted by molar-refractivity contribution is 5.26. The Morgan fingerprint density at radius 2 is 1.42 bits per heavy atom. The number of rotatable bonds is 11. The van der Waals surface area contributed by atoms with Gasteiger partial charge < -0.3 is 0 Å². The van der Waals surface area contributed by atoms with Crippen molar-refractivity contribution >= 4 is 0 Å². The SMILES string of the molecule is CCCCCCCC1CCC(CCc2ccc(C3CCC(C#N)(CC)CC3)cc2)CC1. The molecule has 1 aromatic carbocycles. The minimum Gasteiger partial charge on any atom is -0.198 e. The number of nitrogens with zero attached hydrogens (tertiary/aromatic N) is 1. The van der Waals surface area contributed by atoms with E-state index in [1.165, 1.54) is 101 Å². The van der Waals surface area contributed by atoms with Crippen LogP contribution in [0.15, 0.2) is 24.3 Å². The summed E-state index contributed by atoms with van der Waals surface area (Å²) in [6.45, 7) is 4.48. The molecular formula is C30H47N. The molecule has 1 heteroatoms. The lowest BCUT2D eigenvalue weighted by Gasteiger charge is -2.34. The van der Waals surface area contributed by atoms with Crippen molar-refractivity contribution in [1.29, 1.82) is 5.26 Å². The van der Waals surface area contributed by atoms with Crippen molar-refractivity contribution in [3.05, 3.63) is 35.4 Å². The van der Waals surface area contributed by atoms with Crippen LogP contribution in [0.3, 0.4) is 0 Å². The smallest absolute Gasteiger partial charge is 0.0689 e. The van der Waals surface area contributed by atoms with E-state index >= 15 is 0 Å².